The largest absolute Gasteiger partial charge is 0.496 e. The lowest BCUT2D eigenvalue weighted by molar-refractivity contribution is 0.412. The number of rotatable bonds is 5. The van der Waals surface area contributed by atoms with E-state index in [9.17, 15) is 8.42 Å². The lowest BCUT2D eigenvalue weighted by Crippen LogP contribution is -2.18. The third kappa shape index (κ3) is 4.08. The lowest BCUT2D eigenvalue weighted by atomic mass is 10.2. The van der Waals surface area contributed by atoms with E-state index in [-0.39, 0.29) is 4.90 Å². The van der Waals surface area contributed by atoms with Crippen LogP contribution < -0.4 is 9.57 Å². The third-order valence-corrected chi connectivity index (χ3v) is 4.75. The number of aryl methyl sites for hydroxylation is 1. The van der Waals surface area contributed by atoms with Crippen molar-refractivity contribution in [1.82, 2.24) is 4.83 Å². The number of ether oxygens (including phenoxy) is 1. The van der Waals surface area contributed by atoms with Crippen molar-refractivity contribution < 1.29 is 13.2 Å². The van der Waals surface area contributed by atoms with Crippen LogP contribution in [0.2, 0.25) is 0 Å². The highest BCUT2D eigenvalue weighted by Crippen LogP contribution is 2.24. The normalized spacial score (nSPS) is 11.6. The molecule has 2 rings (SSSR count). The molecule has 5 nitrogen and oxygen atoms in total. The van der Waals surface area contributed by atoms with Crippen molar-refractivity contribution in [3.63, 3.8) is 0 Å². The van der Waals surface area contributed by atoms with E-state index >= 15 is 0 Å². The Morgan fingerprint density at radius 2 is 1.86 bits per heavy atom. The fourth-order valence-corrected chi connectivity index (χ4v) is 3.05. The smallest absolute Gasteiger partial charge is 0.276 e. The molecule has 0 aliphatic rings. The molecule has 0 saturated heterocycles. The fourth-order valence-electron chi connectivity index (χ4n) is 1.70. The topological polar surface area (TPSA) is 67.8 Å². The van der Waals surface area contributed by atoms with Gasteiger partial charge in [-0.3, -0.25) is 0 Å². The van der Waals surface area contributed by atoms with Crippen molar-refractivity contribution in [1.29, 1.82) is 0 Å². The lowest BCUT2D eigenvalue weighted by Gasteiger charge is -2.04. The van der Waals surface area contributed by atoms with Gasteiger partial charge in [0.15, 0.2) is 0 Å². The van der Waals surface area contributed by atoms with Gasteiger partial charge in [-0.1, -0.05) is 17.7 Å². The summed E-state index contributed by atoms with van der Waals surface area (Å²) in [5, 5.41) is 3.78. The summed E-state index contributed by atoms with van der Waals surface area (Å²) in [4.78, 5) is 2.36. The van der Waals surface area contributed by atoms with Crippen LogP contribution in [-0.2, 0) is 10.0 Å². The Hall–Kier alpha value is -1.86. The molecule has 0 radical (unpaired) electrons. The predicted molar refractivity (Wildman–Crippen MR) is 89.8 cm³/mol. The van der Waals surface area contributed by atoms with E-state index in [1.165, 1.54) is 18.3 Å². The van der Waals surface area contributed by atoms with Gasteiger partial charge in [-0.15, -0.1) is 0 Å². The van der Waals surface area contributed by atoms with Crippen LogP contribution in [0.4, 0.5) is 0 Å². The monoisotopic (exact) mass is 382 g/mol. The minimum Gasteiger partial charge on any atom is -0.496 e. The van der Waals surface area contributed by atoms with Crippen LogP contribution in [-0.4, -0.2) is 21.7 Å². The number of hydrogen-bond acceptors (Lipinski definition) is 4. The summed E-state index contributed by atoms with van der Waals surface area (Å²) < 4.78 is 30.0. The van der Waals surface area contributed by atoms with E-state index in [0.717, 1.165) is 15.6 Å². The molecular weight excluding hydrogens is 368 g/mol. The molecule has 0 aromatic heterocycles. The van der Waals surface area contributed by atoms with Crippen LogP contribution in [0.25, 0.3) is 0 Å². The van der Waals surface area contributed by atoms with Crippen LogP contribution in [0.1, 0.15) is 11.1 Å². The van der Waals surface area contributed by atoms with Gasteiger partial charge in [0, 0.05) is 0 Å². The molecular formula is C15H15BrN2O3S. The zero-order valence-corrected chi connectivity index (χ0v) is 14.5. The second-order valence-electron chi connectivity index (χ2n) is 4.56. The quantitative estimate of drug-likeness (QED) is 0.638. The number of nitrogens with zero attached hydrogens (tertiary/aromatic N) is 1. The first-order chi connectivity index (χ1) is 10.4. The van der Waals surface area contributed by atoms with Crippen molar-refractivity contribution in [2.75, 3.05) is 7.11 Å². The number of sulfonamides is 1. The molecule has 0 amide bonds. The summed E-state index contributed by atoms with van der Waals surface area (Å²) >= 11 is 3.36. The van der Waals surface area contributed by atoms with Gasteiger partial charge < -0.3 is 4.74 Å². The fraction of sp³-hybridized carbons (Fsp3) is 0.133. The van der Waals surface area contributed by atoms with Crippen LogP contribution in [0.3, 0.4) is 0 Å². The Labute approximate surface area is 138 Å². The molecule has 0 aliphatic carbocycles. The highest BCUT2D eigenvalue weighted by atomic mass is 79.9. The molecule has 0 unspecified atom stereocenters. The van der Waals surface area contributed by atoms with E-state index in [1.54, 1.807) is 37.4 Å². The molecule has 0 atom stereocenters. The second kappa shape index (κ2) is 6.93. The number of benzene rings is 2. The molecule has 0 spiro atoms. The first kappa shape index (κ1) is 16.5. The van der Waals surface area contributed by atoms with E-state index < -0.39 is 10.0 Å². The predicted octanol–water partition coefficient (Wildman–Crippen LogP) is 3.08. The van der Waals surface area contributed by atoms with Crippen molar-refractivity contribution in [2.24, 2.45) is 5.10 Å². The number of nitrogens with one attached hydrogen (secondary N) is 1. The molecule has 2 aromatic carbocycles. The summed E-state index contributed by atoms with van der Waals surface area (Å²) in [7, 11) is -2.08. The molecule has 2 aromatic rings. The number of hydrazone groups is 1. The molecule has 0 saturated carbocycles. The maximum atomic E-state index is 12.0. The van der Waals surface area contributed by atoms with Gasteiger partial charge in [0.25, 0.3) is 10.0 Å². The molecule has 0 bridgehead atoms. The van der Waals surface area contributed by atoms with E-state index in [0.29, 0.717) is 5.75 Å². The SMILES string of the molecule is COc1ccc(/C=N/NS(=O)(=O)c2ccc(C)cc2)cc1Br. The Bertz CT molecular complexity index is 787. The molecule has 0 heterocycles. The van der Waals surface area contributed by atoms with Crippen LogP contribution in [0.5, 0.6) is 5.75 Å². The van der Waals surface area contributed by atoms with Gasteiger partial charge in [-0.05, 0) is 58.7 Å². The van der Waals surface area contributed by atoms with Gasteiger partial charge in [-0.2, -0.15) is 13.5 Å². The highest BCUT2D eigenvalue weighted by molar-refractivity contribution is 9.10. The first-order valence-electron chi connectivity index (χ1n) is 6.37. The Morgan fingerprint density at radius 1 is 1.18 bits per heavy atom. The van der Waals surface area contributed by atoms with E-state index in [4.69, 9.17) is 4.74 Å². The maximum Gasteiger partial charge on any atom is 0.276 e. The number of halogens is 1. The van der Waals surface area contributed by atoms with Gasteiger partial charge in [0.1, 0.15) is 5.75 Å². The molecule has 7 heteroatoms. The number of methoxy groups -OCH3 is 1. The summed E-state index contributed by atoms with van der Waals surface area (Å²) in [6, 6.07) is 11.9. The minimum absolute atomic E-state index is 0.172. The standard InChI is InChI=1S/C15H15BrN2O3S/c1-11-3-6-13(7-4-11)22(19,20)18-17-10-12-5-8-15(21-2)14(16)9-12/h3-10,18H,1-2H3/b17-10+. The van der Waals surface area contributed by atoms with Crippen molar-refractivity contribution in [3.05, 3.63) is 58.1 Å². The van der Waals surface area contributed by atoms with Crippen LogP contribution in [0.15, 0.2) is 56.9 Å². The van der Waals surface area contributed by atoms with Crippen molar-refractivity contribution in [3.8, 4) is 5.75 Å². The minimum atomic E-state index is -3.65. The molecule has 0 aliphatic heterocycles. The Balaban J connectivity index is 2.11. The maximum absolute atomic E-state index is 12.0. The zero-order chi connectivity index (χ0) is 16.2. The molecule has 116 valence electrons. The summed E-state index contributed by atoms with van der Waals surface area (Å²) in [5.41, 5.74) is 1.73. The first-order valence-corrected chi connectivity index (χ1v) is 8.65. The molecule has 22 heavy (non-hydrogen) atoms. The summed E-state index contributed by atoms with van der Waals surface area (Å²) in [6.45, 7) is 1.89. The zero-order valence-electron chi connectivity index (χ0n) is 12.1. The van der Waals surface area contributed by atoms with Gasteiger partial charge >= 0.3 is 0 Å². The van der Waals surface area contributed by atoms with Crippen molar-refractivity contribution in [2.45, 2.75) is 11.8 Å². The highest BCUT2D eigenvalue weighted by Gasteiger charge is 2.11. The van der Waals surface area contributed by atoms with Gasteiger partial charge in [0.2, 0.25) is 0 Å². The molecule has 1 N–H and O–H groups in total. The summed E-state index contributed by atoms with van der Waals surface area (Å²) in [5.74, 6) is 0.692. The van der Waals surface area contributed by atoms with Crippen molar-refractivity contribution >= 4 is 32.2 Å². The average Bonchev–Trinajstić information content (AvgIpc) is 2.48. The Morgan fingerprint density at radius 3 is 2.45 bits per heavy atom. The van der Waals surface area contributed by atoms with E-state index in [2.05, 4.69) is 25.9 Å². The average molecular weight is 383 g/mol. The molecule has 0 fully saturated rings. The second-order valence-corrected chi connectivity index (χ2v) is 7.08. The van der Waals surface area contributed by atoms with Crippen LogP contribution in [0, 0.1) is 6.92 Å². The number of hydrogen-bond donors (Lipinski definition) is 1. The third-order valence-electron chi connectivity index (χ3n) is 2.89. The van der Waals surface area contributed by atoms with Gasteiger partial charge in [0.05, 0.1) is 22.7 Å². The Kier molecular flexibility index (Phi) is 5.20. The van der Waals surface area contributed by atoms with Gasteiger partial charge in [-0.25, -0.2) is 4.83 Å². The van der Waals surface area contributed by atoms with E-state index in [1.807, 2.05) is 6.92 Å². The summed E-state index contributed by atoms with van der Waals surface area (Å²) in [6.07, 6.45) is 1.43. The van der Waals surface area contributed by atoms with Crippen LogP contribution >= 0.6 is 15.9 Å².